The Morgan fingerprint density at radius 1 is 1.23 bits per heavy atom. The Hall–Kier alpha value is -2.81. The Labute approximate surface area is 150 Å². The van der Waals surface area contributed by atoms with Crippen molar-refractivity contribution in [2.24, 2.45) is 0 Å². The third-order valence-corrected chi connectivity index (χ3v) is 5.82. The molecule has 1 aliphatic rings. The van der Waals surface area contributed by atoms with Gasteiger partial charge in [0.05, 0.1) is 30.4 Å². The van der Waals surface area contributed by atoms with Gasteiger partial charge in [0.25, 0.3) is 0 Å². The van der Waals surface area contributed by atoms with Crippen LogP contribution in [0.4, 0.5) is 5.69 Å². The Kier molecular flexibility index (Phi) is 4.99. The van der Waals surface area contributed by atoms with Gasteiger partial charge in [-0.3, -0.25) is 4.31 Å². The Morgan fingerprint density at radius 2 is 2.04 bits per heavy atom. The zero-order valence-electron chi connectivity index (χ0n) is 14.0. The van der Waals surface area contributed by atoms with Gasteiger partial charge >= 0.3 is 11.9 Å². The van der Waals surface area contributed by atoms with Crippen LogP contribution in [0.1, 0.15) is 32.9 Å². The summed E-state index contributed by atoms with van der Waals surface area (Å²) in [5, 5.41) is 0. The van der Waals surface area contributed by atoms with E-state index >= 15 is 0 Å². The van der Waals surface area contributed by atoms with Crippen molar-refractivity contribution in [3.05, 3.63) is 53.5 Å². The van der Waals surface area contributed by atoms with Gasteiger partial charge < -0.3 is 13.9 Å². The number of ether oxygens (including phenoxy) is 2. The van der Waals surface area contributed by atoms with Crippen LogP contribution in [0, 0.1) is 0 Å². The number of methoxy groups -OCH3 is 1. The van der Waals surface area contributed by atoms with Gasteiger partial charge in [0.2, 0.25) is 10.0 Å². The van der Waals surface area contributed by atoms with E-state index in [-0.39, 0.29) is 29.2 Å². The first-order chi connectivity index (χ1) is 12.4. The lowest BCUT2D eigenvalue weighted by Crippen LogP contribution is -2.25. The minimum Gasteiger partial charge on any atom is -0.465 e. The maximum Gasteiger partial charge on any atom is 0.341 e. The molecule has 1 aliphatic heterocycles. The van der Waals surface area contributed by atoms with Crippen LogP contribution in [0.2, 0.25) is 0 Å². The maximum absolute atomic E-state index is 12.3. The van der Waals surface area contributed by atoms with E-state index in [0.717, 1.165) is 0 Å². The lowest BCUT2D eigenvalue weighted by Gasteiger charge is -2.17. The molecule has 0 spiro atoms. The molecule has 9 heteroatoms. The first-order valence-electron chi connectivity index (χ1n) is 7.84. The number of carbonyl (C=O) groups is 2. The molecule has 0 aliphatic carbocycles. The lowest BCUT2D eigenvalue weighted by molar-refractivity contribution is 0.0432. The monoisotopic (exact) mass is 379 g/mol. The zero-order valence-corrected chi connectivity index (χ0v) is 14.8. The van der Waals surface area contributed by atoms with Crippen LogP contribution in [0.15, 0.2) is 41.0 Å². The maximum atomic E-state index is 12.3. The number of carbonyl (C=O) groups excluding carboxylic acids is 2. The van der Waals surface area contributed by atoms with E-state index in [4.69, 9.17) is 9.15 Å². The average molecular weight is 379 g/mol. The van der Waals surface area contributed by atoms with E-state index in [1.54, 1.807) is 12.1 Å². The van der Waals surface area contributed by atoms with Crippen LogP contribution < -0.4 is 4.31 Å². The summed E-state index contributed by atoms with van der Waals surface area (Å²) in [6, 6.07) is 7.63. The number of rotatable bonds is 5. The largest absolute Gasteiger partial charge is 0.465 e. The van der Waals surface area contributed by atoms with Crippen molar-refractivity contribution in [1.29, 1.82) is 0 Å². The summed E-state index contributed by atoms with van der Waals surface area (Å²) in [6.07, 6.45) is 1.85. The van der Waals surface area contributed by atoms with Gasteiger partial charge in [-0.1, -0.05) is 6.07 Å². The molecular weight excluding hydrogens is 362 g/mol. The lowest BCUT2D eigenvalue weighted by atomic mass is 10.2. The van der Waals surface area contributed by atoms with Crippen LogP contribution in [0.3, 0.4) is 0 Å². The second-order valence-electron chi connectivity index (χ2n) is 5.62. The molecule has 1 saturated heterocycles. The van der Waals surface area contributed by atoms with Crippen molar-refractivity contribution in [3.63, 3.8) is 0 Å². The molecule has 1 aromatic heterocycles. The summed E-state index contributed by atoms with van der Waals surface area (Å²) in [5.74, 6) is -0.985. The van der Waals surface area contributed by atoms with E-state index in [2.05, 4.69) is 4.74 Å². The highest BCUT2D eigenvalue weighted by molar-refractivity contribution is 7.93. The van der Waals surface area contributed by atoms with Crippen LogP contribution >= 0.6 is 0 Å². The summed E-state index contributed by atoms with van der Waals surface area (Å²) >= 11 is 0. The third-order valence-electron chi connectivity index (χ3n) is 3.95. The molecular formula is C17H17NO7S. The van der Waals surface area contributed by atoms with Gasteiger partial charge in [-0.25, -0.2) is 18.0 Å². The van der Waals surface area contributed by atoms with E-state index in [1.807, 2.05) is 0 Å². The molecule has 0 unspecified atom stereocenters. The molecule has 1 aromatic carbocycles. The second kappa shape index (κ2) is 7.20. The van der Waals surface area contributed by atoms with Crippen LogP contribution in [-0.4, -0.2) is 39.8 Å². The van der Waals surface area contributed by atoms with Crippen molar-refractivity contribution in [1.82, 2.24) is 0 Å². The van der Waals surface area contributed by atoms with Gasteiger partial charge in [-0.15, -0.1) is 0 Å². The highest BCUT2D eigenvalue weighted by atomic mass is 32.2. The topological polar surface area (TPSA) is 103 Å². The third kappa shape index (κ3) is 3.57. The number of benzene rings is 1. The van der Waals surface area contributed by atoms with Crippen LogP contribution in [-0.2, 0) is 26.1 Å². The molecule has 2 heterocycles. The predicted octanol–water partition coefficient (Wildman–Crippen LogP) is 1.96. The van der Waals surface area contributed by atoms with Crippen LogP contribution in [0.25, 0.3) is 0 Å². The van der Waals surface area contributed by atoms with Crippen molar-refractivity contribution < 1.29 is 31.9 Å². The molecule has 138 valence electrons. The van der Waals surface area contributed by atoms with Gasteiger partial charge in [0.15, 0.2) is 12.4 Å². The summed E-state index contributed by atoms with van der Waals surface area (Å²) in [7, 11) is -2.09. The number of sulfonamides is 1. The predicted molar refractivity (Wildman–Crippen MR) is 91.4 cm³/mol. The zero-order chi connectivity index (χ0) is 18.7. The van der Waals surface area contributed by atoms with Crippen LogP contribution in [0.5, 0.6) is 0 Å². The van der Waals surface area contributed by atoms with E-state index in [9.17, 15) is 18.0 Å². The highest BCUT2D eigenvalue weighted by Crippen LogP contribution is 2.25. The van der Waals surface area contributed by atoms with Crippen molar-refractivity contribution in [3.8, 4) is 0 Å². The fourth-order valence-corrected chi connectivity index (χ4v) is 4.23. The van der Waals surface area contributed by atoms with Gasteiger partial charge in [0.1, 0.15) is 5.56 Å². The Balaban J connectivity index is 1.72. The Morgan fingerprint density at radius 3 is 2.73 bits per heavy atom. The summed E-state index contributed by atoms with van der Waals surface area (Å²) in [5.41, 5.74) is 0.804. The number of hydrogen-bond donors (Lipinski definition) is 0. The number of nitrogens with zero attached hydrogens (tertiary/aromatic N) is 1. The number of hydrogen-bond acceptors (Lipinski definition) is 7. The fraction of sp³-hybridized carbons (Fsp3) is 0.294. The standard InChI is InChI=1S/C17H17NO7S/c1-23-17(20)14-6-8-24-15(14)11-25-16(19)12-4-2-5-13(10-12)18-7-3-9-26(18,21)22/h2,4-6,8,10H,3,7,9,11H2,1H3. The van der Waals surface area contributed by atoms with Crippen molar-refractivity contribution >= 4 is 27.6 Å². The molecule has 26 heavy (non-hydrogen) atoms. The molecule has 8 nitrogen and oxygen atoms in total. The molecule has 0 atom stereocenters. The van der Waals surface area contributed by atoms with Crippen molar-refractivity contribution in [2.75, 3.05) is 23.7 Å². The van der Waals surface area contributed by atoms with E-state index < -0.39 is 22.0 Å². The molecule has 0 radical (unpaired) electrons. The fourth-order valence-electron chi connectivity index (χ4n) is 2.68. The normalized spacial score (nSPS) is 15.7. The van der Waals surface area contributed by atoms with Gasteiger partial charge in [-0.2, -0.15) is 0 Å². The minimum atomic E-state index is -3.33. The molecule has 0 N–H and O–H groups in total. The van der Waals surface area contributed by atoms with E-state index in [0.29, 0.717) is 18.7 Å². The highest BCUT2D eigenvalue weighted by Gasteiger charge is 2.28. The molecule has 0 bridgehead atoms. The first kappa shape index (κ1) is 18.0. The minimum absolute atomic E-state index is 0.0937. The smallest absolute Gasteiger partial charge is 0.341 e. The van der Waals surface area contributed by atoms with Gasteiger partial charge in [0, 0.05) is 6.54 Å². The SMILES string of the molecule is COC(=O)c1ccoc1COC(=O)c1cccc(N2CCCS2(=O)=O)c1. The summed E-state index contributed by atoms with van der Waals surface area (Å²) < 4.78 is 40.2. The summed E-state index contributed by atoms with van der Waals surface area (Å²) in [4.78, 5) is 23.8. The van der Waals surface area contributed by atoms with Crippen molar-refractivity contribution in [2.45, 2.75) is 13.0 Å². The molecule has 2 aromatic rings. The summed E-state index contributed by atoms with van der Waals surface area (Å²) in [6.45, 7) is 0.137. The molecule has 0 saturated carbocycles. The molecule has 3 rings (SSSR count). The quantitative estimate of drug-likeness (QED) is 0.732. The number of esters is 2. The Bertz CT molecular complexity index is 932. The van der Waals surface area contributed by atoms with E-state index in [1.165, 1.54) is 35.9 Å². The number of anilines is 1. The average Bonchev–Trinajstić information content (AvgIpc) is 3.24. The molecule has 0 amide bonds. The second-order valence-corrected chi connectivity index (χ2v) is 7.63. The number of furan rings is 1. The molecule has 1 fully saturated rings. The van der Waals surface area contributed by atoms with Gasteiger partial charge in [-0.05, 0) is 30.7 Å². The first-order valence-corrected chi connectivity index (χ1v) is 9.45.